The fourth-order valence-corrected chi connectivity index (χ4v) is 3.36. The number of hydrogen-bond donors (Lipinski definition) is 2. The van der Waals surface area contributed by atoms with Crippen LogP contribution < -0.4 is 4.72 Å². The summed E-state index contributed by atoms with van der Waals surface area (Å²) in [7, 11) is -3.56. The van der Waals surface area contributed by atoms with Crippen molar-refractivity contribution in [2.45, 2.75) is 17.7 Å². The summed E-state index contributed by atoms with van der Waals surface area (Å²) in [5, 5.41) is 8.63. The van der Waals surface area contributed by atoms with Gasteiger partial charge in [-0.2, -0.15) is 8.73 Å². The Bertz CT molecular complexity index is 607. The van der Waals surface area contributed by atoms with E-state index >= 15 is 0 Å². The molecule has 1 heterocycles. The minimum Gasteiger partial charge on any atom is -0.396 e. The van der Waals surface area contributed by atoms with E-state index in [1.165, 1.54) is 6.07 Å². The smallest absolute Gasteiger partial charge is 0.242 e. The lowest BCUT2D eigenvalue weighted by atomic mass is 10.3. The first-order chi connectivity index (χ1) is 8.65. The normalized spacial score (nSPS) is 13.4. The highest BCUT2D eigenvalue weighted by Gasteiger charge is 2.21. The highest BCUT2D eigenvalue weighted by atomic mass is 32.2. The number of hydrogen-bond acceptors (Lipinski definition) is 5. The molecule has 1 aromatic carbocycles. The van der Waals surface area contributed by atoms with E-state index in [-0.39, 0.29) is 11.5 Å². The summed E-state index contributed by atoms with van der Waals surface area (Å²) in [5.74, 6) is 0. The molecule has 1 aliphatic rings. The molecule has 0 unspecified atom stereocenters. The van der Waals surface area contributed by atoms with Crippen LogP contribution in [0, 0.1) is 0 Å². The predicted octanol–water partition coefficient (Wildman–Crippen LogP) is 1.46. The third-order valence-electron chi connectivity index (χ3n) is 2.42. The van der Waals surface area contributed by atoms with Crippen molar-refractivity contribution >= 4 is 32.8 Å². The minimum atomic E-state index is -3.56. The van der Waals surface area contributed by atoms with E-state index in [0.717, 1.165) is 11.4 Å². The highest BCUT2D eigenvalue weighted by Crippen LogP contribution is 2.37. The van der Waals surface area contributed by atoms with Crippen LogP contribution in [0.4, 0.5) is 11.4 Å². The predicted molar refractivity (Wildman–Crippen MR) is 69.5 cm³/mol. The van der Waals surface area contributed by atoms with Crippen LogP contribution in [0.15, 0.2) is 31.8 Å². The second-order valence-electron chi connectivity index (χ2n) is 3.72. The maximum Gasteiger partial charge on any atom is 0.242 e. The molecule has 2 rings (SSSR count). The van der Waals surface area contributed by atoms with Crippen LogP contribution in [0.5, 0.6) is 0 Å². The molecule has 1 aromatic rings. The van der Waals surface area contributed by atoms with Crippen molar-refractivity contribution in [3.05, 3.63) is 18.2 Å². The number of fused-ring (bicyclic) bond motifs is 1. The number of benzene rings is 1. The molecule has 6 nitrogen and oxygen atoms in total. The Kier molecular flexibility index (Phi) is 4.23. The van der Waals surface area contributed by atoms with Crippen LogP contribution in [0.3, 0.4) is 0 Å². The van der Waals surface area contributed by atoms with Gasteiger partial charge in [-0.1, -0.05) is 6.07 Å². The second kappa shape index (κ2) is 5.70. The van der Waals surface area contributed by atoms with Crippen LogP contribution in [0.2, 0.25) is 0 Å². The Hall–Kier alpha value is -1.09. The molecule has 0 amide bonds. The summed E-state index contributed by atoms with van der Waals surface area (Å²) in [6.07, 6.45) is 1.17. The molecule has 18 heavy (non-hydrogen) atoms. The number of rotatable bonds is 6. The van der Waals surface area contributed by atoms with Gasteiger partial charge in [-0.15, -0.1) is 0 Å². The van der Waals surface area contributed by atoms with Crippen molar-refractivity contribution in [1.82, 2.24) is 4.72 Å². The summed E-state index contributed by atoms with van der Waals surface area (Å²) >= 11 is 0.990. The number of unbranched alkanes of at least 4 members (excludes halogenated alkanes) is 1. The molecule has 0 fully saturated rings. The molecule has 0 aromatic heterocycles. The fourth-order valence-electron chi connectivity index (χ4n) is 1.52. The molecule has 0 aliphatic carbocycles. The Morgan fingerprint density at radius 2 is 2.11 bits per heavy atom. The van der Waals surface area contributed by atoms with Crippen molar-refractivity contribution in [3.63, 3.8) is 0 Å². The zero-order chi connectivity index (χ0) is 13.0. The summed E-state index contributed by atoms with van der Waals surface area (Å²) in [4.78, 5) is 0.151. The zero-order valence-electron chi connectivity index (χ0n) is 9.54. The Balaban J connectivity index is 2.16. The fraction of sp³-hybridized carbons (Fsp3) is 0.400. The first-order valence-electron chi connectivity index (χ1n) is 5.47. The van der Waals surface area contributed by atoms with Crippen molar-refractivity contribution < 1.29 is 13.5 Å². The molecule has 0 atom stereocenters. The van der Waals surface area contributed by atoms with Gasteiger partial charge in [-0.3, -0.25) is 0 Å². The lowest BCUT2D eigenvalue weighted by molar-refractivity contribution is 0.285. The highest BCUT2D eigenvalue weighted by molar-refractivity contribution is 7.89. The molecular formula is C10H13N3O3S2. The Morgan fingerprint density at radius 1 is 1.28 bits per heavy atom. The van der Waals surface area contributed by atoms with E-state index in [9.17, 15) is 8.42 Å². The lowest BCUT2D eigenvalue weighted by Crippen LogP contribution is -2.25. The van der Waals surface area contributed by atoms with Gasteiger partial charge in [-0.25, -0.2) is 13.1 Å². The van der Waals surface area contributed by atoms with Crippen molar-refractivity contribution in [2.24, 2.45) is 8.73 Å². The maximum atomic E-state index is 12.1. The van der Waals surface area contributed by atoms with E-state index in [1.807, 2.05) is 0 Å². The van der Waals surface area contributed by atoms with Gasteiger partial charge in [0.15, 0.2) is 0 Å². The SMILES string of the molecule is O=S(=O)(NCCCCO)c1cccc2c1N=S=N2. The van der Waals surface area contributed by atoms with Crippen molar-refractivity contribution in [1.29, 1.82) is 0 Å². The third-order valence-corrected chi connectivity index (χ3v) is 4.45. The number of sulfonamides is 1. The number of aliphatic hydroxyl groups is 1. The molecule has 2 N–H and O–H groups in total. The maximum absolute atomic E-state index is 12.1. The van der Waals surface area contributed by atoms with Gasteiger partial charge >= 0.3 is 0 Å². The quantitative estimate of drug-likeness (QED) is 0.788. The van der Waals surface area contributed by atoms with E-state index < -0.39 is 10.0 Å². The second-order valence-corrected chi connectivity index (χ2v) is 5.98. The first kappa shape index (κ1) is 13.3. The monoisotopic (exact) mass is 287 g/mol. The molecule has 0 radical (unpaired) electrons. The number of nitrogens with one attached hydrogen (secondary N) is 1. The van der Waals surface area contributed by atoms with Gasteiger partial charge in [0.05, 0.1) is 11.4 Å². The molecule has 0 saturated carbocycles. The summed E-state index contributed by atoms with van der Waals surface area (Å²) in [6, 6.07) is 4.88. The molecule has 8 heteroatoms. The summed E-state index contributed by atoms with van der Waals surface area (Å²) in [5.41, 5.74) is 0.982. The summed E-state index contributed by atoms with van der Waals surface area (Å²) in [6.45, 7) is 0.365. The average molecular weight is 287 g/mol. The Labute approximate surface area is 109 Å². The largest absolute Gasteiger partial charge is 0.396 e. The lowest BCUT2D eigenvalue weighted by Gasteiger charge is -2.08. The van der Waals surface area contributed by atoms with Gasteiger partial charge in [0.2, 0.25) is 10.0 Å². The molecule has 0 spiro atoms. The average Bonchev–Trinajstić information content (AvgIpc) is 2.82. The number of nitrogens with zero attached hydrogens (tertiary/aromatic N) is 2. The van der Waals surface area contributed by atoms with E-state index in [0.29, 0.717) is 30.8 Å². The van der Waals surface area contributed by atoms with Crippen molar-refractivity contribution in [2.75, 3.05) is 13.2 Å². The van der Waals surface area contributed by atoms with Gasteiger partial charge in [0.1, 0.15) is 16.3 Å². The van der Waals surface area contributed by atoms with Gasteiger partial charge in [0.25, 0.3) is 0 Å². The molecular weight excluding hydrogens is 274 g/mol. The van der Waals surface area contributed by atoms with Crippen LogP contribution in [-0.4, -0.2) is 26.7 Å². The van der Waals surface area contributed by atoms with Gasteiger partial charge < -0.3 is 5.11 Å². The van der Waals surface area contributed by atoms with Gasteiger partial charge in [0, 0.05) is 13.2 Å². The Morgan fingerprint density at radius 3 is 2.89 bits per heavy atom. The number of aliphatic hydroxyl groups excluding tert-OH is 1. The standard InChI is InChI=1S/C10H13N3O3S2/c14-7-2-1-6-11-18(15,16)9-5-3-4-8-10(9)13-17-12-8/h3-5,11,14H,1-2,6-7H2. The van der Waals surface area contributed by atoms with Crippen molar-refractivity contribution in [3.8, 4) is 0 Å². The van der Waals surface area contributed by atoms with Crippen LogP contribution in [0.25, 0.3) is 0 Å². The molecule has 0 bridgehead atoms. The van der Waals surface area contributed by atoms with Crippen LogP contribution in [-0.2, 0) is 21.4 Å². The zero-order valence-corrected chi connectivity index (χ0v) is 11.2. The van der Waals surface area contributed by atoms with Crippen LogP contribution >= 0.6 is 0 Å². The van der Waals surface area contributed by atoms with Crippen LogP contribution in [0.1, 0.15) is 12.8 Å². The molecule has 98 valence electrons. The van der Waals surface area contributed by atoms with E-state index in [2.05, 4.69) is 13.4 Å². The molecule has 0 saturated heterocycles. The third kappa shape index (κ3) is 2.83. The first-order valence-corrected chi connectivity index (χ1v) is 7.68. The minimum absolute atomic E-state index is 0.0628. The summed E-state index contributed by atoms with van der Waals surface area (Å²) < 4.78 is 34.6. The van der Waals surface area contributed by atoms with E-state index in [1.54, 1.807) is 12.1 Å². The van der Waals surface area contributed by atoms with Gasteiger partial charge in [-0.05, 0) is 25.0 Å². The molecule has 1 aliphatic heterocycles. The topological polar surface area (TPSA) is 91.1 Å². The van der Waals surface area contributed by atoms with E-state index in [4.69, 9.17) is 5.11 Å².